The maximum absolute atomic E-state index is 9.28. The van der Waals surface area contributed by atoms with Gasteiger partial charge in [0.05, 0.1) is 4.88 Å². The van der Waals surface area contributed by atoms with Crippen LogP contribution in [0.3, 0.4) is 0 Å². The van der Waals surface area contributed by atoms with E-state index < -0.39 is 0 Å². The largest absolute Gasteiger partial charge is 0.289 e. The number of nitrogens with two attached hydrogens (primary N) is 1. The zero-order valence-electron chi connectivity index (χ0n) is 9.88. The molecule has 0 unspecified atom stereocenters. The Kier molecular flexibility index (Phi) is 3.03. The first-order valence-corrected chi connectivity index (χ1v) is 7.39. The molecule has 3 nitrogen and oxygen atoms in total. The number of H-pyrrole nitrogens is 1. The first kappa shape index (κ1) is 11.9. The van der Waals surface area contributed by atoms with Gasteiger partial charge < -0.3 is 0 Å². The number of nitrogens with one attached hydrogen (secondary N) is 1. The highest BCUT2D eigenvalue weighted by Gasteiger charge is 2.17. The van der Waals surface area contributed by atoms with Crippen molar-refractivity contribution < 1.29 is 4.98 Å². The van der Waals surface area contributed by atoms with Gasteiger partial charge in [0.15, 0.2) is 0 Å². The molecule has 3 N–H and O–H groups in total. The zero-order valence-corrected chi connectivity index (χ0v) is 11.5. The van der Waals surface area contributed by atoms with Crippen molar-refractivity contribution in [3.8, 4) is 27.1 Å². The molecule has 3 aromatic heterocycles. The molecule has 0 radical (unpaired) electrons. The van der Waals surface area contributed by atoms with Crippen LogP contribution in [0.15, 0.2) is 41.1 Å². The van der Waals surface area contributed by atoms with Gasteiger partial charge in [-0.2, -0.15) is 5.26 Å². The number of rotatable bonds is 2. The van der Waals surface area contributed by atoms with Crippen LogP contribution in [0.2, 0.25) is 0 Å². The molecular weight excluding hydrogens is 274 g/mol. The Bertz CT molecular complexity index is 738. The van der Waals surface area contributed by atoms with Crippen LogP contribution in [0, 0.1) is 11.3 Å². The van der Waals surface area contributed by atoms with Gasteiger partial charge >= 0.3 is 0 Å². The summed E-state index contributed by atoms with van der Waals surface area (Å²) in [4.78, 5) is 5.26. The van der Waals surface area contributed by atoms with Gasteiger partial charge in [-0.1, -0.05) is 12.1 Å². The molecule has 0 aliphatic rings. The molecule has 0 saturated carbocycles. The molecule has 0 aromatic carbocycles. The average molecular weight is 284 g/mol. The zero-order chi connectivity index (χ0) is 13.2. The summed E-state index contributed by atoms with van der Waals surface area (Å²) in [5.41, 5.74) is 8.30. The number of nitriles is 1. The van der Waals surface area contributed by atoms with Gasteiger partial charge in [0.2, 0.25) is 0 Å². The number of nitrogens with zero attached hydrogens (tertiary/aromatic N) is 1. The molecule has 0 amide bonds. The van der Waals surface area contributed by atoms with E-state index in [1.807, 2.05) is 41.1 Å². The Balaban J connectivity index is 2.25. The summed E-state index contributed by atoms with van der Waals surface area (Å²) in [6, 6.07) is 12.2. The van der Waals surface area contributed by atoms with Crippen molar-refractivity contribution in [2.45, 2.75) is 0 Å². The Hall–Kier alpha value is -2.16. The molecule has 0 saturated heterocycles. The molecule has 0 atom stereocenters. The molecule has 19 heavy (non-hydrogen) atoms. The quantitative estimate of drug-likeness (QED) is 0.783. The highest BCUT2D eigenvalue weighted by atomic mass is 32.1. The lowest BCUT2D eigenvalue weighted by atomic mass is 10.1. The third kappa shape index (κ3) is 2.12. The van der Waals surface area contributed by atoms with Crippen molar-refractivity contribution in [2.75, 3.05) is 5.73 Å². The summed E-state index contributed by atoms with van der Waals surface area (Å²) in [6.07, 6.45) is 0. The highest BCUT2D eigenvalue weighted by molar-refractivity contribution is 7.14. The average Bonchev–Trinajstić information content (AvgIpc) is 3.11. The van der Waals surface area contributed by atoms with Crippen molar-refractivity contribution in [2.24, 2.45) is 0 Å². The predicted molar refractivity (Wildman–Crippen MR) is 78.8 cm³/mol. The third-order valence-electron chi connectivity index (χ3n) is 2.78. The molecule has 5 heteroatoms. The fourth-order valence-corrected chi connectivity index (χ4v) is 3.36. The number of anilines is 1. The number of aromatic nitrogens is 1. The van der Waals surface area contributed by atoms with Crippen LogP contribution < -0.4 is 10.7 Å². The summed E-state index contributed by atoms with van der Waals surface area (Å²) >= 11 is 3.24. The number of aromatic amines is 1. The molecule has 3 rings (SSSR count). The summed E-state index contributed by atoms with van der Waals surface area (Å²) in [6.45, 7) is 0. The molecule has 0 aliphatic carbocycles. The van der Waals surface area contributed by atoms with E-state index in [9.17, 15) is 5.26 Å². The second kappa shape index (κ2) is 4.84. The Morgan fingerprint density at radius 2 is 1.79 bits per heavy atom. The van der Waals surface area contributed by atoms with Crippen molar-refractivity contribution in [3.05, 3.63) is 46.7 Å². The van der Waals surface area contributed by atoms with Crippen LogP contribution in [-0.2, 0) is 0 Å². The second-order valence-corrected chi connectivity index (χ2v) is 5.85. The molecule has 3 heterocycles. The normalized spacial score (nSPS) is 10.3. The maximum atomic E-state index is 9.28. The lowest BCUT2D eigenvalue weighted by Gasteiger charge is -2.03. The number of nitrogen functional groups attached to an aromatic ring is 1. The SMILES string of the molecule is N#Cc1c(-c2cccs2)cc(-c2cccs2)[nH+]c1N. The smallest absolute Gasteiger partial charge is 0.286 e. The van der Waals surface area contributed by atoms with Crippen LogP contribution in [0.5, 0.6) is 0 Å². The van der Waals surface area contributed by atoms with E-state index in [-0.39, 0.29) is 0 Å². The predicted octanol–water partition coefficient (Wildman–Crippen LogP) is 3.41. The number of pyridine rings is 1. The minimum Gasteiger partial charge on any atom is -0.286 e. The summed E-state index contributed by atoms with van der Waals surface area (Å²) in [5, 5.41) is 13.3. The maximum Gasteiger partial charge on any atom is 0.289 e. The minimum absolute atomic E-state index is 0.414. The van der Waals surface area contributed by atoms with Crippen LogP contribution in [0.4, 0.5) is 5.82 Å². The van der Waals surface area contributed by atoms with Gasteiger partial charge in [0.1, 0.15) is 17.3 Å². The summed E-state index contributed by atoms with van der Waals surface area (Å²) in [5.74, 6) is 0.414. The first-order valence-electron chi connectivity index (χ1n) is 5.63. The van der Waals surface area contributed by atoms with Crippen LogP contribution in [-0.4, -0.2) is 0 Å². The van der Waals surface area contributed by atoms with Gasteiger partial charge in [-0.25, -0.2) is 4.98 Å². The monoisotopic (exact) mass is 284 g/mol. The first-order chi connectivity index (χ1) is 9.29. The minimum atomic E-state index is 0.414. The molecule has 0 fully saturated rings. The fourth-order valence-electron chi connectivity index (χ4n) is 1.92. The van der Waals surface area contributed by atoms with E-state index >= 15 is 0 Å². The molecule has 3 aromatic rings. The summed E-state index contributed by atoms with van der Waals surface area (Å²) in [7, 11) is 0. The lowest BCUT2D eigenvalue weighted by Crippen LogP contribution is -2.15. The van der Waals surface area contributed by atoms with Crippen molar-refractivity contribution in [1.82, 2.24) is 0 Å². The summed E-state index contributed by atoms with van der Waals surface area (Å²) < 4.78 is 0. The molecule has 0 spiro atoms. The van der Waals surface area contributed by atoms with E-state index in [2.05, 4.69) is 11.1 Å². The molecular formula is C14H10N3S2+. The lowest BCUT2D eigenvalue weighted by molar-refractivity contribution is -0.346. The van der Waals surface area contributed by atoms with Gasteiger partial charge in [0, 0.05) is 10.4 Å². The van der Waals surface area contributed by atoms with Gasteiger partial charge in [-0.3, -0.25) is 5.73 Å². The van der Waals surface area contributed by atoms with Crippen LogP contribution in [0.1, 0.15) is 5.56 Å². The topological polar surface area (TPSA) is 64.0 Å². The van der Waals surface area contributed by atoms with E-state index in [0.717, 1.165) is 21.0 Å². The third-order valence-corrected chi connectivity index (χ3v) is 4.59. The highest BCUT2D eigenvalue weighted by Crippen LogP contribution is 2.32. The fraction of sp³-hybridized carbons (Fsp3) is 0. The molecule has 0 aliphatic heterocycles. The van der Waals surface area contributed by atoms with Crippen molar-refractivity contribution in [1.29, 1.82) is 5.26 Å². The number of hydrogen-bond acceptors (Lipinski definition) is 4. The Morgan fingerprint density at radius 3 is 2.37 bits per heavy atom. The van der Waals surface area contributed by atoms with E-state index in [0.29, 0.717) is 11.4 Å². The second-order valence-electron chi connectivity index (χ2n) is 3.95. The van der Waals surface area contributed by atoms with E-state index in [1.165, 1.54) is 0 Å². The van der Waals surface area contributed by atoms with Crippen LogP contribution >= 0.6 is 22.7 Å². The van der Waals surface area contributed by atoms with E-state index in [4.69, 9.17) is 5.73 Å². The Morgan fingerprint density at radius 1 is 1.11 bits per heavy atom. The molecule has 0 bridgehead atoms. The number of thiophene rings is 2. The van der Waals surface area contributed by atoms with Gasteiger partial charge in [-0.05, 0) is 29.0 Å². The van der Waals surface area contributed by atoms with Crippen molar-refractivity contribution >= 4 is 28.5 Å². The van der Waals surface area contributed by atoms with E-state index in [1.54, 1.807) is 22.7 Å². The standard InChI is InChI=1S/C14H9N3S2/c15-8-10-9(12-3-1-5-18-12)7-11(17-14(10)16)13-4-2-6-19-13/h1-7H,(H2,16,17)/p+1. The number of hydrogen-bond donors (Lipinski definition) is 1. The van der Waals surface area contributed by atoms with Crippen molar-refractivity contribution in [3.63, 3.8) is 0 Å². The van der Waals surface area contributed by atoms with Gasteiger partial charge in [0.25, 0.3) is 5.82 Å². The molecule has 92 valence electrons. The van der Waals surface area contributed by atoms with Gasteiger partial charge in [-0.15, -0.1) is 22.7 Å². The Labute approximate surface area is 118 Å². The van der Waals surface area contributed by atoms with Crippen LogP contribution in [0.25, 0.3) is 21.0 Å².